The lowest BCUT2D eigenvalue weighted by atomic mass is 10.0. The van der Waals surface area contributed by atoms with Crippen molar-refractivity contribution in [2.75, 3.05) is 25.0 Å². The molecule has 8 heteroatoms. The van der Waals surface area contributed by atoms with Gasteiger partial charge in [0, 0.05) is 31.3 Å². The van der Waals surface area contributed by atoms with Crippen LogP contribution in [0.3, 0.4) is 0 Å². The molecule has 1 fully saturated rings. The van der Waals surface area contributed by atoms with Crippen molar-refractivity contribution in [3.8, 4) is 0 Å². The zero-order valence-corrected chi connectivity index (χ0v) is 13.4. The normalized spacial score (nSPS) is 16.0. The number of carbonyl (C=O) groups excluding carboxylic acids is 2. The van der Waals surface area contributed by atoms with Gasteiger partial charge < -0.3 is 15.5 Å². The summed E-state index contributed by atoms with van der Waals surface area (Å²) in [4.78, 5) is 25.9. The highest BCUT2D eigenvalue weighted by Gasteiger charge is 2.24. The molecule has 0 unspecified atom stereocenters. The number of amides is 2. The minimum Gasteiger partial charge on any atom is -0.345 e. The van der Waals surface area contributed by atoms with Gasteiger partial charge in [-0.3, -0.25) is 9.59 Å². The summed E-state index contributed by atoms with van der Waals surface area (Å²) < 4.78 is 39.4. The van der Waals surface area contributed by atoms with E-state index in [2.05, 4.69) is 17.1 Å². The van der Waals surface area contributed by atoms with Crippen LogP contribution in [0.1, 0.15) is 26.2 Å². The van der Waals surface area contributed by atoms with Gasteiger partial charge >= 0.3 is 11.8 Å². The molecule has 0 saturated carbocycles. The number of hydrogen-bond acceptors (Lipinski definition) is 3. The van der Waals surface area contributed by atoms with E-state index in [1.54, 1.807) is 0 Å². The van der Waals surface area contributed by atoms with Crippen LogP contribution in [0.5, 0.6) is 0 Å². The van der Waals surface area contributed by atoms with Crippen molar-refractivity contribution in [2.24, 2.45) is 0 Å². The van der Waals surface area contributed by atoms with Crippen LogP contribution >= 0.6 is 0 Å². The summed E-state index contributed by atoms with van der Waals surface area (Å²) >= 11 is 0. The molecule has 1 saturated heterocycles. The van der Waals surface area contributed by atoms with Gasteiger partial charge in [0.1, 0.15) is 5.82 Å². The van der Waals surface area contributed by atoms with Gasteiger partial charge in [0.25, 0.3) is 0 Å². The second-order valence-electron chi connectivity index (χ2n) is 5.79. The van der Waals surface area contributed by atoms with E-state index in [-0.39, 0.29) is 6.04 Å². The molecule has 5 nitrogen and oxygen atoms in total. The first-order chi connectivity index (χ1) is 11.4. The summed E-state index contributed by atoms with van der Waals surface area (Å²) in [5.74, 6) is -5.86. The zero-order chi connectivity index (χ0) is 17.7. The Morgan fingerprint density at radius 3 is 2.33 bits per heavy atom. The second-order valence-corrected chi connectivity index (χ2v) is 5.79. The number of carbonyl (C=O) groups is 2. The fourth-order valence-electron chi connectivity index (χ4n) is 2.67. The molecule has 1 aliphatic rings. The van der Waals surface area contributed by atoms with Crippen molar-refractivity contribution in [1.82, 2.24) is 10.2 Å². The number of rotatable bonds is 4. The van der Waals surface area contributed by atoms with E-state index in [0.717, 1.165) is 38.9 Å². The van der Waals surface area contributed by atoms with E-state index in [0.29, 0.717) is 12.1 Å². The maximum atomic E-state index is 13.5. The first-order valence-corrected chi connectivity index (χ1v) is 7.89. The minimum atomic E-state index is -1.37. The molecule has 24 heavy (non-hydrogen) atoms. The largest absolute Gasteiger partial charge is 0.345 e. The molecule has 2 amide bonds. The summed E-state index contributed by atoms with van der Waals surface area (Å²) in [6, 6.07) is 0.678. The molecule has 0 radical (unpaired) electrons. The SMILES string of the molecule is CCCN1CCC(NC(=O)C(=O)Nc2cc(F)c(F)cc2F)CC1. The minimum absolute atomic E-state index is 0.133. The Morgan fingerprint density at radius 2 is 1.71 bits per heavy atom. The summed E-state index contributed by atoms with van der Waals surface area (Å²) in [5, 5.41) is 4.53. The van der Waals surface area contributed by atoms with Gasteiger partial charge in [-0.05, 0) is 25.8 Å². The smallest absolute Gasteiger partial charge is 0.313 e. The number of piperidine rings is 1. The van der Waals surface area contributed by atoms with Crippen molar-refractivity contribution in [3.63, 3.8) is 0 Å². The number of hydrogen-bond donors (Lipinski definition) is 2. The second kappa shape index (κ2) is 8.14. The Balaban J connectivity index is 1.87. The van der Waals surface area contributed by atoms with Crippen molar-refractivity contribution in [2.45, 2.75) is 32.2 Å². The highest BCUT2D eigenvalue weighted by Crippen LogP contribution is 2.18. The van der Waals surface area contributed by atoms with Crippen LogP contribution in [0.15, 0.2) is 12.1 Å². The molecule has 1 aliphatic heterocycles. The predicted molar refractivity (Wildman–Crippen MR) is 82.8 cm³/mol. The Morgan fingerprint density at radius 1 is 1.08 bits per heavy atom. The fourth-order valence-corrected chi connectivity index (χ4v) is 2.67. The first kappa shape index (κ1) is 18.3. The lowest BCUT2D eigenvalue weighted by molar-refractivity contribution is -0.136. The van der Waals surface area contributed by atoms with Crippen molar-refractivity contribution >= 4 is 17.5 Å². The summed E-state index contributed by atoms with van der Waals surface area (Å²) in [5.41, 5.74) is -0.577. The maximum Gasteiger partial charge on any atom is 0.313 e. The van der Waals surface area contributed by atoms with E-state index in [4.69, 9.17) is 0 Å². The topological polar surface area (TPSA) is 61.4 Å². The molecular weight excluding hydrogens is 323 g/mol. The van der Waals surface area contributed by atoms with Crippen LogP contribution in [0, 0.1) is 17.5 Å². The molecule has 2 rings (SSSR count). The van der Waals surface area contributed by atoms with E-state index >= 15 is 0 Å². The molecule has 1 heterocycles. The molecule has 132 valence electrons. The van der Waals surface area contributed by atoms with E-state index in [1.165, 1.54) is 0 Å². The van der Waals surface area contributed by atoms with Crippen LogP contribution in [0.25, 0.3) is 0 Å². The van der Waals surface area contributed by atoms with Crippen LogP contribution in [0.4, 0.5) is 18.9 Å². The van der Waals surface area contributed by atoms with Crippen molar-refractivity contribution in [1.29, 1.82) is 0 Å². The average Bonchev–Trinajstić information content (AvgIpc) is 2.54. The Labute approximate surface area is 138 Å². The van der Waals surface area contributed by atoms with Gasteiger partial charge in [0.05, 0.1) is 5.69 Å². The van der Waals surface area contributed by atoms with E-state index < -0.39 is 35.0 Å². The monoisotopic (exact) mass is 343 g/mol. The van der Waals surface area contributed by atoms with E-state index in [1.807, 2.05) is 5.32 Å². The van der Waals surface area contributed by atoms with Crippen molar-refractivity contribution < 1.29 is 22.8 Å². The number of benzene rings is 1. The molecule has 0 atom stereocenters. The third kappa shape index (κ3) is 4.70. The van der Waals surface area contributed by atoms with Crippen LogP contribution in [-0.4, -0.2) is 42.4 Å². The van der Waals surface area contributed by atoms with Crippen LogP contribution in [-0.2, 0) is 9.59 Å². The lowest BCUT2D eigenvalue weighted by Gasteiger charge is -2.31. The van der Waals surface area contributed by atoms with Gasteiger partial charge in [-0.1, -0.05) is 6.92 Å². The lowest BCUT2D eigenvalue weighted by Crippen LogP contribution is -2.47. The van der Waals surface area contributed by atoms with Gasteiger partial charge in [-0.2, -0.15) is 0 Å². The number of halogens is 3. The Kier molecular flexibility index (Phi) is 6.19. The molecule has 0 spiro atoms. The molecule has 0 aromatic heterocycles. The third-order valence-electron chi connectivity index (χ3n) is 3.93. The third-order valence-corrected chi connectivity index (χ3v) is 3.93. The molecule has 2 N–H and O–H groups in total. The predicted octanol–water partition coefficient (Wildman–Crippen LogP) is 2.03. The number of nitrogens with one attached hydrogen (secondary N) is 2. The van der Waals surface area contributed by atoms with E-state index in [9.17, 15) is 22.8 Å². The summed E-state index contributed by atoms with van der Waals surface area (Å²) in [7, 11) is 0. The average molecular weight is 343 g/mol. The molecule has 1 aromatic carbocycles. The quantitative estimate of drug-likeness (QED) is 0.650. The van der Waals surface area contributed by atoms with Crippen LogP contribution in [0.2, 0.25) is 0 Å². The molecule has 0 aliphatic carbocycles. The van der Waals surface area contributed by atoms with Crippen LogP contribution < -0.4 is 10.6 Å². The maximum absolute atomic E-state index is 13.5. The molecule has 0 bridgehead atoms. The standard InChI is InChI=1S/C16H20F3N3O2/c1-2-5-22-6-3-10(4-7-22)20-15(23)16(24)21-14-9-12(18)11(17)8-13(14)19/h8-10H,2-7H2,1H3,(H,20,23)(H,21,24). The summed E-state index contributed by atoms with van der Waals surface area (Å²) in [6.45, 7) is 4.75. The Hall–Kier alpha value is -2.09. The Bertz CT molecular complexity index is 617. The highest BCUT2D eigenvalue weighted by molar-refractivity contribution is 6.39. The first-order valence-electron chi connectivity index (χ1n) is 7.89. The number of anilines is 1. The number of nitrogens with zero attached hydrogens (tertiary/aromatic N) is 1. The van der Waals surface area contributed by atoms with Crippen molar-refractivity contribution in [3.05, 3.63) is 29.6 Å². The van der Waals surface area contributed by atoms with Gasteiger partial charge in [0.15, 0.2) is 11.6 Å². The highest BCUT2D eigenvalue weighted by atomic mass is 19.2. The van der Waals surface area contributed by atoms with Gasteiger partial charge in [0.2, 0.25) is 0 Å². The van der Waals surface area contributed by atoms with Gasteiger partial charge in [-0.15, -0.1) is 0 Å². The molecular formula is C16H20F3N3O2. The zero-order valence-electron chi connectivity index (χ0n) is 13.4. The fraction of sp³-hybridized carbons (Fsp3) is 0.500. The molecule has 1 aromatic rings. The summed E-state index contributed by atoms with van der Waals surface area (Å²) in [6.07, 6.45) is 2.50. The number of likely N-dealkylation sites (tertiary alicyclic amines) is 1. The van der Waals surface area contributed by atoms with Gasteiger partial charge in [-0.25, -0.2) is 13.2 Å².